The van der Waals surface area contributed by atoms with Crippen LogP contribution >= 0.6 is 11.8 Å². The Morgan fingerprint density at radius 1 is 1.57 bits per heavy atom. The zero-order valence-electron chi connectivity index (χ0n) is 7.69. The second-order valence-corrected chi connectivity index (χ2v) is 4.32. The first kappa shape index (κ1) is 9.52. The molecule has 0 spiro atoms. The molecular formula is C10H11NO2S. The number of pyridine rings is 1. The third kappa shape index (κ3) is 2.07. The van der Waals surface area contributed by atoms with E-state index < -0.39 is 5.97 Å². The maximum atomic E-state index is 10.4. The van der Waals surface area contributed by atoms with E-state index in [0.29, 0.717) is 6.42 Å². The van der Waals surface area contributed by atoms with E-state index in [-0.39, 0.29) is 6.42 Å². The van der Waals surface area contributed by atoms with E-state index in [1.54, 1.807) is 6.20 Å². The summed E-state index contributed by atoms with van der Waals surface area (Å²) in [7, 11) is 0. The highest BCUT2D eigenvalue weighted by Gasteiger charge is 2.12. The zero-order chi connectivity index (χ0) is 9.97. The highest BCUT2D eigenvalue weighted by molar-refractivity contribution is 7.98. The number of carbonyl (C=O) groups is 1. The predicted octanol–water partition coefficient (Wildman–Crippen LogP) is 1.85. The van der Waals surface area contributed by atoms with Crippen molar-refractivity contribution >= 4 is 17.7 Å². The molecule has 1 aliphatic rings. The fraction of sp³-hybridized carbons (Fsp3) is 0.400. The summed E-state index contributed by atoms with van der Waals surface area (Å²) in [4.78, 5) is 14.7. The van der Waals surface area contributed by atoms with Crippen LogP contribution in [0.15, 0.2) is 12.3 Å². The van der Waals surface area contributed by atoms with Gasteiger partial charge in [-0.3, -0.25) is 9.78 Å². The Morgan fingerprint density at radius 2 is 2.43 bits per heavy atom. The molecule has 1 aromatic rings. The molecule has 2 rings (SSSR count). The number of aromatic nitrogens is 1. The summed E-state index contributed by atoms with van der Waals surface area (Å²) in [5, 5.41) is 8.54. The largest absolute Gasteiger partial charge is 0.481 e. The number of hydrogen-bond donors (Lipinski definition) is 1. The molecule has 0 bridgehead atoms. The second kappa shape index (κ2) is 4.00. The molecule has 0 amide bonds. The molecule has 0 radical (unpaired) electrons. The van der Waals surface area contributed by atoms with Crippen LogP contribution in [0.1, 0.15) is 23.2 Å². The first-order chi connectivity index (χ1) is 6.75. The Labute approximate surface area is 86.5 Å². The SMILES string of the molecule is O=C(O)CCc1cnc2c(c1)CSC2. The molecule has 0 unspecified atom stereocenters. The van der Waals surface area contributed by atoms with Crippen LogP contribution in [0.5, 0.6) is 0 Å². The smallest absolute Gasteiger partial charge is 0.303 e. The molecule has 1 aromatic heterocycles. The lowest BCUT2D eigenvalue weighted by molar-refractivity contribution is -0.136. The van der Waals surface area contributed by atoms with E-state index in [2.05, 4.69) is 11.1 Å². The summed E-state index contributed by atoms with van der Waals surface area (Å²) < 4.78 is 0. The molecule has 0 saturated carbocycles. The summed E-state index contributed by atoms with van der Waals surface area (Å²) in [5.74, 6) is 1.26. The van der Waals surface area contributed by atoms with Crippen LogP contribution in [0.3, 0.4) is 0 Å². The summed E-state index contributed by atoms with van der Waals surface area (Å²) >= 11 is 1.86. The molecule has 14 heavy (non-hydrogen) atoms. The van der Waals surface area contributed by atoms with Gasteiger partial charge in [-0.1, -0.05) is 6.07 Å². The van der Waals surface area contributed by atoms with E-state index in [0.717, 1.165) is 22.8 Å². The highest BCUT2D eigenvalue weighted by atomic mass is 32.2. The predicted molar refractivity (Wildman–Crippen MR) is 55.2 cm³/mol. The first-order valence-corrected chi connectivity index (χ1v) is 5.67. The molecule has 1 N–H and O–H groups in total. The van der Waals surface area contributed by atoms with Gasteiger partial charge in [-0.2, -0.15) is 11.8 Å². The zero-order valence-corrected chi connectivity index (χ0v) is 8.51. The van der Waals surface area contributed by atoms with Crippen molar-refractivity contribution in [3.8, 4) is 0 Å². The van der Waals surface area contributed by atoms with Gasteiger partial charge >= 0.3 is 5.97 Å². The minimum atomic E-state index is -0.750. The molecule has 0 atom stereocenters. The summed E-state index contributed by atoms with van der Waals surface area (Å²) in [6, 6.07) is 2.09. The second-order valence-electron chi connectivity index (χ2n) is 3.34. The topological polar surface area (TPSA) is 50.2 Å². The van der Waals surface area contributed by atoms with Crippen molar-refractivity contribution in [3.63, 3.8) is 0 Å². The fourth-order valence-corrected chi connectivity index (χ4v) is 2.51. The molecule has 0 fully saturated rings. The Kier molecular flexibility index (Phi) is 2.72. The molecule has 0 aliphatic carbocycles. The van der Waals surface area contributed by atoms with Gasteiger partial charge in [0.1, 0.15) is 0 Å². The lowest BCUT2D eigenvalue weighted by Crippen LogP contribution is -1.99. The summed E-state index contributed by atoms with van der Waals surface area (Å²) in [6.45, 7) is 0. The van der Waals surface area contributed by atoms with E-state index in [4.69, 9.17) is 5.11 Å². The number of aliphatic carboxylic acids is 1. The first-order valence-electron chi connectivity index (χ1n) is 4.52. The average Bonchev–Trinajstić information content (AvgIpc) is 2.61. The van der Waals surface area contributed by atoms with Crippen molar-refractivity contribution in [1.29, 1.82) is 0 Å². The van der Waals surface area contributed by atoms with Gasteiger partial charge in [-0.15, -0.1) is 0 Å². The number of thioether (sulfide) groups is 1. The minimum Gasteiger partial charge on any atom is -0.481 e. The van der Waals surface area contributed by atoms with Crippen LogP contribution in [-0.2, 0) is 22.7 Å². The van der Waals surface area contributed by atoms with Crippen molar-refractivity contribution < 1.29 is 9.90 Å². The minimum absolute atomic E-state index is 0.188. The van der Waals surface area contributed by atoms with Gasteiger partial charge in [-0.05, 0) is 17.5 Å². The number of rotatable bonds is 3. The molecule has 1 aliphatic heterocycles. The Bertz CT molecular complexity index is 365. The number of carboxylic acids is 1. The van der Waals surface area contributed by atoms with Crippen LogP contribution in [0.2, 0.25) is 0 Å². The van der Waals surface area contributed by atoms with Crippen LogP contribution in [0, 0.1) is 0 Å². The van der Waals surface area contributed by atoms with Crippen LogP contribution in [0.4, 0.5) is 0 Å². The Balaban J connectivity index is 2.09. The number of nitrogens with zero attached hydrogens (tertiary/aromatic N) is 1. The Hall–Kier alpha value is -1.03. The third-order valence-electron chi connectivity index (χ3n) is 2.24. The number of carboxylic acid groups (broad SMARTS) is 1. The number of fused-ring (bicyclic) bond motifs is 1. The van der Waals surface area contributed by atoms with Gasteiger partial charge in [0, 0.05) is 24.1 Å². The lowest BCUT2D eigenvalue weighted by atomic mass is 10.1. The van der Waals surface area contributed by atoms with Gasteiger partial charge in [0.05, 0.1) is 5.69 Å². The maximum Gasteiger partial charge on any atom is 0.303 e. The molecule has 2 heterocycles. The molecule has 4 heteroatoms. The number of aryl methyl sites for hydroxylation is 1. The highest BCUT2D eigenvalue weighted by Crippen LogP contribution is 2.28. The van der Waals surface area contributed by atoms with Gasteiger partial charge in [-0.25, -0.2) is 0 Å². The summed E-state index contributed by atoms with van der Waals surface area (Å²) in [6.07, 6.45) is 2.57. The Morgan fingerprint density at radius 3 is 3.21 bits per heavy atom. The maximum absolute atomic E-state index is 10.4. The van der Waals surface area contributed by atoms with Gasteiger partial charge < -0.3 is 5.11 Å². The van der Waals surface area contributed by atoms with E-state index >= 15 is 0 Å². The van der Waals surface area contributed by atoms with Crippen molar-refractivity contribution in [2.45, 2.75) is 24.3 Å². The van der Waals surface area contributed by atoms with E-state index in [1.807, 2.05) is 11.8 Å². The monoisotopic (exact) mass is 209 g/mol. The van der Waals surface area contributed by atoms with E-state index in [1.165, 1.54) is 5.56 Å². The van der Waals surface area contributed by atoms with Gasteiger partial charge in [0.25, 0.3) is 0 Å². The average molecular weight is 209 g/mol. The molecule has 0 saturated heterocycles. The van der Waals surface area contributed by atoms with Crippen molar-refractivity contribution in [2.75, 3.05) is 0 Å². The molecule has 3 nitrogen and oxygen atoms in total. The van der Waals surface area contributed by atoms with Crippen molar-refractivity contribution in [1.82, 2.24) is 4.98 Å². The van der Waals surface area contributed by atoms with Crippen molar-refractivity contribution in [2.24, 2.45) is 0 Å². The number of hydrogen-bond acceptors (Lipinski definition) is 3. The quantitative estimate of drug-likeness (QED) is 0.825. The molecule has 74 valence electrons. The standard InChI is InChI=1S/C10H11NO2S/c12-10(13)2-1-7-3-8-5-14-6-9(8)11-4-7/h3-4H,1-2,5-6H2,(H,12,13). The van der Waals surface area contributed by atoms with Crippen LogP contribution in [0.25, 0.3) is 0 Å². The van der Waals surface area contributed by atoms with Crippen LogP contribution in [-0.4, -0.2) is 16.1 Å². The fourth-order valence-electron chi connectivity index (χ4n) is 1.49. The van der Waals surface area contributed by atoms with Crippen LogP contribution < -0.4 is 0 Å². The van der Waals surface area contributed by atoms with Gasteiger partial charge in [0.15, 0.2) is 0 Å². The summed E-state index contributed by atoms with van der Waals surface area (Å²) in [5.41, 5.74) is 3.47. The third-order valence-corrected chi connectivity index (χ3v) is 3.23. The molecular weight excluding hydrogens is 198 g/mol. The molecule has 0 aromatic carbocycles. The van der Waals surface area contributed by atoms with Gasteiger partial charge in [0.2, 0.25) is 0 Å². The van der Waals surface area contributed by atoms with E-state index in [9.17, 15) is 4.79 Å². The normalized spacial score (nSPS) is 14.0. The van der Waals surface area contributed by atoms with Crippen molar-refractivity contribution in [3.05, 3.63) is 29.1 Å². The lowest BCUT2D eigenvalue weighted by Gasteiger charge is -2.01.